The van der Waals surface area contributed by atoms with Gasteiger partial charge >= 0.3 is 11.9 Å². The van der Waals surface area contributed by atoms with Crippen molar-refractivity contribution in [1.29, 1.82) is 0 Å². The van der Waals surface area contributed by atoms with Crippen LogP contribution in [0.25, 0.3) is 11.1 Å². The molecule has 3 aliphatic rings. The molecule has 0 aliphatic carbocycles. The van der Waals surface area contributed by atoms with E-state index in [1.807, 2.05) is 36.1 Å². The van der Waals surface area contributed by atoms with Crippen molar-refractivity contribution in [2.24, 2.45) is 23.9 Å². The van der Waals surface area contributed by atoms with Gasteiger partial charge in [-0.25, -0.2) is 22.8 Å². The monoisotopic (exact) mass is 848 g/mol. The van der Waals surface area contributed by atoms with Crippen LogP contribution < -0.4 is 36.3 Å². The number of aliphatic carboxylic acids is 1. The lowest BCUT2D eigenvalue weighted by atomic mass is 9.84. The maximum atomic E-state index is 13.5. The van der Waals surface area contributed by atoms with Crippen LogP contribution >= 0.6 is 11.3 Å². The highest BCUT2D eigenvalue weighted by Gasteiger charge is 2.58. The Morgan fingerprint density at radius 1 is 1.33 bits per heavy atom. The van der Waals surface area contributed by atoms with E-state index in [-0.39, 0.29) is 23.7 Å². The molecule has 5 heterocycles. The van der Waals surface area contributed by atoms with E-state index in [2.05, 4.69) is 30.0 Å². The summed E-state index contributed by atoms with van der Waals surface area (Å²) in [4.78, 5) is 64.0. The number of benzene rings is 1. The number of carboxylic acids is 1. The molecule has 0 bridgehead atoms. The molecule has 6 rings (SSSR count). The normalized spacial score (nSPS) is 19.8. The van der Waals surface area contributed by atoms with E-state index in [1.165, 1.54) is 26.2 Å². The van der Waals surface area contributed by atoms with E-state index in [4.69, 9.17) is 35.9 Å². The van der Waals surface area contributed by atoms with Crippen LogP contribution in [0.2, 0.25) is 0 Å². The number of nitrogens with one attached hydrogen (secondary N) is 2. The van der Waals surface area contributed by atoms with Crippen molar-refractivity contribution in [3.8, 4) is 16.9 Å². The van der Waals surface area contributed by atoms with Crippen LogP contribution in [0.5, 0.6) is 5.75 Å². The highest BCUT2D eigenvalue weighted by Crippen LogP contribution is 2.37. The molecule has 314 valence electrons. The molecule has 2 amide bonds. The summed E-state index contributed by atoms with van der Waals surface area (Å²) < 4.78 is 45.7. The average Bonchev–Trinajstić information content (AvgIpc) is 3.58. The molecule has 0 radical (unpaired) electrons. The summed E-state index contributed by atoms with van der Waals surface area (Å²) in [7, 11) is -3.34. The Morgan fingerprint density at radius 3 is 2.59 bits per heavy atom. The number of nitrogens with two attached hydrogens (primary N) is 2. The molecule has 0 saturated carbocycles. The zero-order valence-corrected chi connectivity index (χ0v) is 33.5. The lowest BCUT2D eigenvalue weighted by Crippen LogP contribution is -2.76. The molecule has 24 heteroatoms. The van der Waals surface area contributed by atoms with Crippen LogP contribution in [-0.4, -0.2) is 124 Å². The number of aromatic nitrogens is 3. The van der Waals surface area contributed by atoms with Crippen LogP contribution in [-0.2, 0) is 52.2 Å². The van der Waals surface area contributed by atoms with Gasteiger partial charge in [-0.1, -0.05) is 16.2 Å². The van der Waals surface area contributed by atoms with Crippen molar-refractivity contribution >= 4 is 62.8 Å². The van der Waals surface area contributed by atoms with Gasteiger partial charge in [0.15, 0.2) is 16.9 Å². The molecule has 2 saturated heterocycles. The molecule has 3 atom stereocenters. The Kier molecular flexibility index (Phi) is 13.2. The molecular weight excluding hydrogens is 805 g/mol. The van der Waals surface area contributed by atoms with Gasteiger partial charge in [0.2, 0.25) is 10.4 Å². The summed E-state index contributed by atoms with van der Waals surface area (Å²) in [6, 6.07) is 4.20. The number of ether oxygens (including phenoxy) is 1. The number of hydrogen-bond acceptors (Lipinski definition) is 18. The molecule has 58 heavy (non-hydrogen) atoms. The SMILES string of the molecule is C[n+]1cc(-c2ccc3c(c2)CC[C@H]([C@](C)(O/N=C(\C(=O)N[C@@H]2C(=O)N(OS(=O)(=O)[O-])C2(C)C)c2csc(N)n2)C(=O)O)O3)cnc1N(CCN)CC1CNC1.O=CO. The second-order valence-corrected chi connectivity index (χ2v) is 16.1. The molecule has 22 nitrogen and oxygen atoms in total. The van der Waals surface area contributed by atoms with Crippen LogP contribution in [0.1, 0.15) is 38.4 Å². The van der Waals surface area contributed by atoms with E-state index in [1.54, 1.807) is 6.07 Å². The summed E-state index contributed by atoms with van der Waals surface area (Å²) in [5.74, 6) is -1.70. The number of aryl methyl sites for hydroxylation is 2. The van der Waals surface area contributed by atoms with Crippen molar-refractivity contribution in [1.82, 2.24) is 25.7 Å². The molecule has 8 N–H and O–H groups in total. The zero-order valence-electron chi connectivity index (χ0n) is 31.9. The van der Waals surface area contributed by atoms with E-state index in [9.17, 15) is 32.5 Å². The summed E-state index contributed by atoms with van der Waals surface area (Å²) in [6.07, 6.45) is 3.37. The van der Waals surface area contributed by atoms with Crippen LogP contribution in [0.3, 0.4) is 0 Å². The lowest BCUT2D eigenvalue weighted by molar-refractivity contribution is -0.661. The fourth-order valence-corrected chi connectivity index (χ4v) is 7.54. The predicted octanol–water partition coefficient (Wildman–Crippen LogP) is -1.25. The molecular formula is C34H44N10O12S2. The summed E-state index contributed by atoms with van der Waals surface area (Å²) >= 11 is 0.963. The summed E-state index contributed by atoms with van der Waals surface area (Å²) in [5, 5.41) is 28.6. The van der Waals surface area contributed by atoms with Gasteiger partial charge in [-0.15, -0.1) is 11.3 Å². The molecule has 0 unspecified atom stereocenters. The van der Waals surface area contributed by atoms with Gasteiger partial charge in [-0.05, 0) is 56.9 Å². The summed E-state index contributed by atoms with van der Waals surface area (Å²) in [5.41, 5.74) is 10.1. The number of carboxylic acid groups (broad SMARTS) is 2. The van der Waals surface area contributed by atoms with Gasteiger partial charge in [0, 0.05) is 36.5 Å². The minimum atomic E-state index is -5.29. The third-order valence-electron chi connectivity index (χ3n) is 9.80. The Balaban J connectivity index is 0.00000207. The number of rotatable bonds is 15. The number of amides is 2. The smallest absolute Gasteiger partial charge is 0.393 e. The number of hydrogen-bond donors (Lipinski definition) is 6. The third kappa shape index (κ3) is 9.43. The first-order chi connectivity index (χ1) is 27.3. The van der Waals surface area contributed by atoms with Crippen LogP contribution in [0.4, 0.5) is 11.1 Å². The van der Waals surface area contributed by atoms with Gasteiger partial charge in [-0.3, -0.25) is 19.3 Å². The van der Waals surface area contributed by atoms with Gasteiger partial charge in [0.25, 0.3) is 23.9 Å². The molecule has 0 spiro atoms. The highest BCUT2D eigenvalue weighted by atomic mass is 32.3. The number of hydroxylamine groups is 2. The van der Waals surface area contributed by atoms with Crippen molar-refractivity contribution in [3.05, 3.63) is 47.2 Å². The average molecular weight is 849 g/mol. The largest absolute Gasteiger partial charge is 0.724 e. The standard InChI is InChI=1S/C33H42N10O10S2.CH2O2/c1-32(2)26(28(45)43(32)53-55(48,49)50)39-27(44)25(22-17-54-30(35)38-22)40-52-33(3,29(46)47)24-8-6-20-11-19(5-7-23(20)51-24)21-14-37-31(41(4)16-21)42(10-9-34)15-18-12-36-13-18;2-1-3/h5,7,11,14,16-18,24,26,36H,6,8-10,12-13,15,34H2,1-4H3,(H4-,35,38,39,44,46,47,48,49,50);1H,(H,2,3)/b40-25-;/t24-,26-,33+;/m1./s1. The molecule has 1 aromatic carbocycles. The van der Waals surface area contributed by atoms with Crippen molar-refractivity contribution < 1.29 is 60.8 Å². The zero-order chi connectivity index (χ0) is 42.6. The first-order valence-corrected chi connectivity index (χ1v) is 19.9. The number of oxime groups is 1. The number of thiazole rings is 1. The van der Waals surface area contributed by atoms with Crippen molar-refractivity contribution in [2.45, 2.75) is 56.9 Å². The minimum absolute atomic E-state index is 0.0547. The molecule has 3 aliphatic heterocycles. The number of carbonyl (C=O) groups excluding carboxylic acids is 2. The van der Waals surface area contributed by atoms with Gasteiger partial charge in [-0.2, -0.15) is 9.35 Å². The Hall–Kier alpha value is -5.53. The Labute approximate surface area is 336 Å². The number of anilines is 2. The maximum absolute atomic E-state index is 13.5. The minimum Gasteiger partial charge on any atom is -0.724 e. The van der Waals surface area contributed by atoms with Crippen LogP contribution in [0, 0.1) is 5.92 Å². The molecule has 3 aromatic rings. The fraction of sp³-hybridized carbons (Fsp3) is 0.471. The van der Waals surface area contributed by atoms with Crippen LogP contribution in [0.15, 0.2) is 41.1 Å². The van der Waals surface area contributed by atoms with E-state index < -0.39 is 57.2 Å². The lowest BCUT2D eigenvalue weighted by Gasteiger charge is -2.51. The Bertz CT molecular complexity index is 2180. The second kappa shape index (κ2) is 17.5. The topological polar surface area (TPSA) is 318 Å². The van der Waals surface area contributed by atoms with Crippen molar-refractivity contribution in [2.75, 3.05) is 43.4 Å². The first kappa shape index (κ1) is 43.6. The third-order valence-corrected chi connectivity index (χ3v) is 10.8. The Morgan fingerprint density at radius 2 is 2.03 bits per heavy atom. The number of nitrogens with zero attached hydrogens (tertiary/aromatic N) is 6. The van der Waals surface area contributed by atoms with Gasteiger partial charge in [0.1, 0.15) is 23.7 Å². The van der Waals surface area contributed by atoms with Gasteiger partial charge < -0.3 is 46.4 Å². The molecule has 2 fully saturated rings. The summed E-state index contributed by atoms with van der Waals surface area (Å²) in [6.45, 7) is 7.68. The number of nitrogen functional groups attached to an aromatic ring is 1. The number of β-lactam (4-membered cyclic amide) rings is 1. The van der Waals surface area contributed by atoms with E-state index in [0.29, 0.717) is 36.2 Å². The predicted molar refractivity (Wildman–Crippen MR) is 204 cm³/mol. The number of fused-ring (bicyclic) bond motifs is 1. The van der Waals surface area contributed by atoms with E-state index in [0.717, 1.165) is 53.6 Å². The van der Waals surface area contributed by atoms with E-state index >= 15 is 0 Å². The maximum Gasteiger partial charge on any atom is 0.393 e. The molecule has 2 aromatic heterocycles. The fourth-order valence-electron chi connectivity index (χ4n) is 6.54. The quantitative estimate of drug-likeness (QED) is 0.0198. The second-order valence-electron chi connectivity index (χ2n) is 14.3. The van der Waals surface area contributed by atoms with Crippen molar-refractivity contribution in [3.63, 3.8) is 0 Å². The number of carbonyl (C=O) groups is 4. The first-order valence-electron chi connectivity index (χ1n) is 17.7. The van der Waals surface area contributed by atoms with Gasteiger partial charge in [0.05, 0.1) is 31.9 Å². The highest BCUT2D eigenvalue weighted by molar-refractivity contribution is 7.80.